The Morgan fingerprint density at radius 1 is 0.919 bits per heavy atom. The lowest BCUT2D eigenvalue weighted by molar-refractivity contribution is -0.136. The average Bonchev–Trinajstić information content (AvgIpc) is 3.10. The normalized spacial score (nSPS) is 23.6. The van der Waals surface area contributed by atoms with Crippen LogP contribution < -0.4 is 10.2 Å². The van der Waals surface area contributed by atoms with Crippen molar-refractivity contribution in [2.75, 3.05) is 37.6 Å². The summed E-state index contributed by atoms with van der Waals surface area (Å²) in [6, 6.07) is 4.39. The van der Waals surface area contributed by atoms with Crippen molar-refractivity contribution in [3.8, 4) is 0 Å². The molecule has 1 atom stereocenters. The Morgan fingerprint density at radius 3 is 2.32 bits per heavy atom. The highest BCUT2D eigenvalue weighted by atomic mass is 16.2. The smallest absolute Gasteiger partial charge is 0.320 e. The molecule has 0 aromatic heterocycles. The van der Waals surface area contributed by atoms with E-state index >= 15 is 0 Å². The molecule has 1 N–H and O–H groups in total. The molecule has 198 valence electrons. The van der Waals surface area contributed by atoms with Gasteiger partial charge < -0.3 is 14.7 Å². The quantitative estimate of drug-likeness (QED) is 0.624. The summed E-state index contributed by atoms with van der Waals surface area (Å²) in [4.78, 5) is 70.7. The number of carbonyl (C=O) groups is 5. The lowest BCUT2D eigenvalue weighted by Gasteiger charge is -2.44. The fourth-order valence-electron chi connectivity index (χ4n) is 6.00. The molecule has 3 saturated heterocycles. The number of rotatable bonds is 4. The zero-order chi connectivity index (χ0) is 26.5. The van der Waals surface area contributed by atoms with Crippen molar-refractivity contribution >= 4 is 35.3 Å². The van der Waals surface area contributed by atoms with Gasteiger partial charge in [0.2, 0.25) is 11.8 Å². The van der Waals surface area contributed by atoms with E-state index in [1.165, 1.54) is 0 Å². The van der Waals surface area contributed by atoms with Crippen LogP contribution in [0.15, 0.2) is 18.2 Å². The largest absolute Gasteiger partial charge is 0.371 e. The van der Waals surface area contributed by atoms with Gasteiger partial charge in [0.1, 0.15) is 6.04 Å². The van der Waals surface area contributed by atoms with E-state index in [0.717, 1.165) is 43.8 Å². The number of urea groups is 1. The molecule has 0 radical (unpaired) electrons. The topological polar surface area (TPSA) is 110 Å². The van der Waals surface area contributed by atoms with E-state index in [4.69, 9.17) is 0 Å². The van der Waals surface area contributed by atoms with Gasteiger partial charge in [0.15, 0.2) is 0 Å². The standard InChI is InChI=1S/C27H35N5O5/c1-27(2,3)31-13-5-12-30(26(31)37)16-17-10-14-29(15-11-17)19-7-4-6-18-22(19)25(36)32(24(18)35)20-8-9-21(33)28-23(20)34/h4,6-7,17,20H,5,8-16H2,1-3H3,(H,28,33,34). The molecule has 0 spiro atoms. The third-order valence-corrected chi connectivity index (χ3v) is 8.00. The minimum absolute atomic E-state index is 0.0945. The van der Waals surface area contributed by atoms with Crippen LogP contribution in [0.25, 0.3) is 0 Å². The molecule has 6 amide bonds. The summed E-state index contributed by atoms with van der Waals surface area (Å²) in [5.74, 6) is -1.59. The van der Waals surface area contributed by atoms with Crippen molar-refractivity contribution in [3.63, 3.8) is 0 Å². The molecule has 0 aliphatic carbocycles. The summed E-state index contributed by atoms with van der Waals surface area (Å²) >= 11 is 0. The minimum atomic E-state index is -0.974. The predicted octanol–water partition coefficient (Wildman–Crippen LogP) is 2.23. The maximum absolute atomic E-state index is 13.4. The van der Waals surface area contributed by atoms with Gasteiger partial charge in [-0.15, -0.1) is 0 Å². The van der Waals surface area contributed by atoms with Gasteiger partial charge in [-0.3, -0.25) is 29.4 Å². The first-order chi connectivity index (χ1) is 17.6. The Bertz CT molecular complexity index is 1150. The molecular weight excluding hydrogens is 474 g/mol. The summed E-state index contributed by atoms with van der Waals surface area (Å²) in [6.45, 7) is 9.93. The molecule has 5 rings (SSSR count). The molecule has 10 heteroatoms. The van der Waals surface area contributed by atoms with Gasteiger partial charge >= 0.3 is 6.03 Å². The third-order valence-electron chi connectivity index (χ3n) is 8.00. The Hall–Kier alpha value is -3.43. The van der Waals surface area contributed by atoms with Crippen molar-refractivity contribution < 1.29 is 24.0 Å². The van der Waals surface area contributed by atoms with Gasteiger partial charge in [0, 0.05) is 44.7 Å². The highest BCUT2D eigenvalue weighted by Gasteiger charge is 2.46. The lowest BCUT2D eigenvalue weighted by atomic mass is 9.94. The van der Waals surface area contributed by atoms with Crippen LogP contribution in [0.3, 0.4) is 0 Å². The number of amides is 6. The summed E-state index contributed by atoms with van der Waals surface area (Å²) in [5, 5.41) is 2.24. The number of piperidine rings is 2. The predicted molar refractivity (Wildman–Crippen MR) is 136 cm³/mol. The zero-order valence-electron chi connectivity index (χ0n) is 21.8. The summed E-state index contributed by atoms with van der Waals surface area (Å²) in [5.41, 5.74) is 1.15. The first-order valence-corrected chi connectivity index (χ1v) is 13.2. The molecular formula is C27H35N5O5. The zero-order valence-corrected chi connectivity index (χ0v) is 21.8. The van der Waals surface area contributed by atoms with Crippen LogP contribution in [0.5, 0.6) is 0 Å². The first kappa shape index (κ1) is 25.2. The monoisotopic (exact) mass is 509 g/mol. The number of imide groups is 2. The van der Waals surface area contributed by atoms with E-state index in [9.17, 15) is 24.0 Å². The van der Waals surface area contributed by atoms with Crippen LogP contribution in [-0.2, 0) is 9.59 Å². The Labute approximate surface area is 216 Å². The number of nitrogens with one attached hydrogen (secondary N) is 1. The molecule has 1 aromatic rings. The second kappa shape index (κ2) is 9.46. The number of hydrogen-bond donors (Lipinski definition) is 1. The van der Waals surface area contributed by atoms with E-state index in [0.29, 0.717) is 35.8 Å². The molecule has 0 saturated carbocycles. The van der Waals surface area contributed by atoms with E-state index in [1.54, 1.807) is 12.1 Å². The number of carbonyl (C=O) groups excluding carboxylic acids is 5. The number of nitrogens with zero attached hydrogens (tertiary/aromatic N) is 4. The third kappa shape index (κ3) is 4.57. The molecule has 4 heterocycles. The van der Waals surface area contributed by atoms with Crippen LogP contribution >= 0.6 is 0 Å². The Morgan fingerprint density at radius 2 is 1.65 bits per heavy atom. The van der Waals surface area contributed by atoms with Crippen molar-refractivity contribution in [2.45, 2.75) is 64.5 Å². The van der Waals surface area contributed by atoms with Gasteiger partial charge in [-0.2, -0.15) is 0 Å². The van der Waals surface area contributed by atoms with Crippen molar-refractivity contribution in [3.05, 3.63) is 29.3 Å². The van der Waals surface area contributed by atoms with Crippen LogP contribution in [0.1, 0.15) is 73.6 Å². The van der Waals surface area contributed by atoms with Crippen LogP contribution in [0.4, 0.5) is 10.5 Å². The van der Waals surface area contributed by atoms with E-state index in [1.807, 2.05) is 15.9 Å². The summed E-state index contributed by atoms with van der Waals surface area (Å²) < 4.78 is 0. The second-order valence-corrected chi connectivity index (χ2v) is 11.5. The van der Waals surface area contributed by atoms with Crippen LogP contribution in [0, 0.1) is 5.92 Å². The van der Waals surface area contributed by atoms with Crippen LogP contribution in [-0.4, -0.2) is 88.7 Å². The maximum atomic E-state index is 13.4. The van der Waals surface area contributed by atoms with Gasteiger partial charge in [-0.05, 0) is 64.5 Å². The van der Waals surface area contributed by atoms with Crippen molar-refractivity contribution in [1.29, 1.82) is 0 Å². The van der Waals surface area contributed by atoms with Crippen LogP contribution in [0.2, 0.25) is 0 Å². The van der Waals surface area contributed by atoms with E-state index in [-0.39, 0.29) is 24.4 Å². The number of benzene rings is 1. The maximum Gasteiger partial charge on any atom is 0.320 e. The molecule has 37 heavy (non-hydrogen) atoms. The minimum Gasteiger partial charge on any atom is -0.371 e. The van der Waals surface area contributed by atoms with E-state index < -0.39 is 29.7 Å². The Kier molecular flexibility index (Phi) is 6.45. The molecule has 1 unspecified atom stereocenters. The molecule has 1 aromatic carbocycles. The molecule has 3 fully saturated rings. The summed E-state index contributed by atoms with van der Waals surface area (Å²) in [6.07, 6.45) is 2.96. The molecule has 4 aliphatic rings. The van der Waals surface area contributed by atoms with Gasteiger partial charge in [0.05, 0.1) is 16.8 Å². The van der Waals surface area contributed by atoms with E-state index in [2.05, 4.69) is 31.0 Å². The van der Waals surface area contributed by atoms with Crippen molar-refractivity contribution in [2.24, 2.45) is 5.92 Å². The average molecular weight is 510 g/mol. The van der Waals surface area contributed by atoms with Crippen molar-refractivity contribution in [1.82, 2.24) is 20.0 Å². The SMILES string of the molecule is CC(C)(C)N1CCCN(CC2CCN(c3cccc4c3C(=O)N(C3CCC(=O)NC3=O)C4=O)CC2)C1=O. The molecule has 10 nitrogen and oxygen atoms in total. The fourth-order valence-corrected chi connectivity index (χ4v) is 6.00. The number of anilines is 1. The van der Waals surface area contributed by atoms with Gasteiger partial charge in [-0.25, -0.2) is 4.79 Å². The number of fused-ring (bicyclic) bond motifs is 1. The van der Waals surface area contributed by atoms with Gasteiger partial charge in [0.25, 0.3) is 11.8 Å². The molecule has 4 aliphatic heterocycles. The highest BCUT2D eigenvalue weighted by Crippen LogP contribution is 2.36. The fraction of sp³-hybridized carbons (Fsp3) is 0.593. The lowest BCUT2D eigenvalue weighted by Crippen LogP contribution is -2.57. The summed E-state index contributed by atoms with van der Waals surface area (Å²) in [7, 11) is 0. The number of hydrogen-bond acceptors (Lipinski definition) is 6. The molecule has 0 bridgehead atoms. The second-order valence-electron chi connectivity index (χ2n) is 11.5. The van der Waals surface area contributed by atoms with Gasteiger partial charge in [-0.1, -0.05) is 6.07 Å². The Balaban J connectivity index is 1.26. The highest BCUT2D eigenvalue weighted by molar-refractivity contribution is 6.25. The first-order valence-electron chi connectivity index (χ1n) is 13.2.